The maximum atomic E-state index is 12.2. The van der Waals surface area contributed by atoms with Gasteiger partial charge in [-0.1, -0.05) is 6.42 Å². The SMILES string of the molecule is Nc1nsc(NCC2CCCC(O)C2)c1C(=O)NC1CC1. The van der Waals surface area contributed by atoms with E-state index >= 15 is 0 Å². The number of anilines is 2. The first kappa shape index (κ1) is 14.6. The molecule has 7 heteroatoms. The molecule has 0 aliphatic heterocycles. The summed E-state index contributed by atoms with van der Waals surface area (Å²) < 4.78 is 4.09. The number of amides is 1. The summed E-state index contributed by atoms with van der Waals surface area (Å²) in [5, 5.41) is 16.7. The fourth-order valence-electron chi connectivity index (χ4n) is 2.81. The number of carbonyl (C=O) groups excluding carboxylic acids is 1. The zero-order valence-electron chi connectivity index (χ0n) is 12.0. The number of rotatable bonds is 5. The van der Waals surface area contributed by atoms with Crippen molar-refractivity contribution >= 4 is 28.3 Å². The highest BCUT2D eigenvalue weighted by Crippen LogP contribution is 2.30. The number of nitrogens with two attached hydrogens (primary N) is 1. The third-order valence-electron chi connectivity index (χ3n) is 4.16. The van der Waals surface area contributed by atoms with Gasteiger partial charge in [0.05, 0.1) is 6.10 Å². The van der Waals surface area contributed by atoms with Gasteiger partial charge in [-0.15, -0.1) is 0 Å². The van der Waals surface area contributed by atoms with Gasteiger partial charge in [0, 0.05) is 12.6 Å². The minimum atomic E-state index is -0.185. The number of aliphatic hydroxyl groups excluding tert-OH is 1. The number of nitrogens with zero attached hydrogens (tertiary/aromatic N) is 1. The zero-order chi connectivity index (χ0) is 14.8. The number of carbonyl (C=O) groups is 1. The summed E-state index contributed by atoms with van der Waals surface area (Å²) in [6.45, 7) is 0.752. The predicted molar refractivity (Wildman–Crippen MR) is 83.5 cm³/mol. The molecule has 2 unspecified atom stereocenters. The van der Waals surface area contributed by atoms with Crippen molar-refractivity contribution in [2.45, 2.75) is 50.7 Å². The molecule has 1 aromatic rings. The Balaban J connectivity index is 1.60. The Kier molecular flexibility index (Phi) is 4.30. The van der Waals surface area contributed by atoms with Crippen molar-refractivity contribution in [2.75, 3.05) is 17.6 Å². The van der Waals surface area contributed by atoms with Gasteiger partial charge in [-0.3, -0.25) is 4.79 Å². The molecule has 2 atom stereocenters. The molecule has 0 spiro atoms. The molecule has 2 aliphatic carbocycles. The highest BCUT2D eigenvalue weighted by atomic mass is 32.1. The minimum absolute atomic E-state index is 0.130. The summed E-state index contributed by atoms with van der Waals surface area (Å²) in [6, 6.07) is 0.304. The molecule has 21 heavy (non-hydrogen) atoms. The topological polar surface area (TPSA) is 100 Å². The molecule has 1 amide bonds. The lowest BCUT2D eigenvalue weighted by Gasteiger charge is -2.26. The Hall–Kier alpha value is -1.34. The first-order chi connectivity index (χ1) is 10.1. The molecule has 3 rings (SSSR count). The summed E-state index contributed by atoms with van der Waals surface area (Å²) >= 11 is 1.23. The summed E-state index contributed by atoms with van der Waals surface area (Å²) in [6.07, 6.45) is 5.81. The minimum Gasteiger partial charge on any atom is -0.393 e. The van der Waals surface area contributed by atoms with Crippen LogP contribution in [-0.2, 0) is 0 Å². The molecule has 2 saturated carbocycles. The second kappa shape index (κ2) is 6.19. The maximum absolute atomic E-state index is 12.2. The van der Waals surface area contributed by atoms with Crippen LogP contribution in [0.15, 0.2) is 0 Å². The van der Waals surface area contributed by atoms with E-state index in [9.17, 15) is 9.90 Å². The normalized spacial score (nSPS) is 25.6. The van der Waals surface area contributed by atoms with Gasteiger partial charge in [-0.2, -0.15) is 4.37 Å². The highest BCUT2D eigenvalue weighted by Gasteiger charge is 2.28. The molecule has 6 nitrogen and oxygen atoms in total. The van der Waals surface area contributed by atoms with Crippen LogP contribution in [0.5, 0.6) is 0 Å². The number of aromatic nitrogens is 1. The first-order valence-corrected chi connectivity index (χ1v) is 8.38. The Bertz CT molecular complexity index is 515. The van der Waals surface area contributed by atoms with E-state index in [0.717, 1.165) is 50.1 Å². The van der Waals surface area contributed by atoms with Crippen LogP contribution in [0.1, 0.15) is 48.9 Å². The Morgan fingerprint density at radius 2 is 2.19 bits per heavy atom. The van der Waals surface area contributed by atoms with E-state index in [-0.39, 0.29) is 12.0 Å². The van der Waals surface area contributed by atoms with E-state index in [1.807, 2.05) is 0 Å². The fourth-order valence-corrected chi connectivity index (χ4v) is 3.53. The van der Waals surface area contributed by atoms with Gasteiger partial charge in [0.1, 0.15) is 10.6 Å². The average molecular weight is 310 g/mol. The molecule has 1 heterocycles. The Morgan fingerprint density at radius 3 is 2.90 bits per heavy atom. The van der Waals surface area contributed by atoms with Crippen LogP contribution in [-0.4, -0.2) is 34.1 Å². The molecule has 0 saturated heterocycles. The van der Waals surface area contributed by atoms with Gasteiger partial charge in [-0.05, 0) is 49.6 Å². The van der Waals surface area contributed by atoms with Gasteiger partial charge in [0.2, 0.25) is 0 Å². The maximum Gasteiger partial charge on any atom is 0.258 e. The number of aliphatic hydroxyl groups is 1. The van der Waals surface area contributed by atoms with Gasteiger partial charge in [0.25, 0.3) is 5.91 Å². The molecule has 2 fully saturated rings. The van der Waals surface area contributed by atoms with Crippen LogP contribution in [0.25, 0.3) is 0 Å². The van der Waals surface area contributed by atoms with Crippen LogP contribution in [0.3, 0.4) is 0 Å². The van der Waals surface area contributed by atoms with E-state index in [4.69, 9.17) is 5.73 Å². The summed E-state index contributed by atoms with van der Waals surface area (Å²) in [4.78, 5) is 12.2. The summed E-state index contributed by atoms with van der Waals surface area (Å²) in [5.41, 5.74) is 6.30. The number of nitrogens with one attached hydrogen (secondary N) is 2. The molecule has 0 bridgehead atoms. The van der Waals surface area contributed by atoms with E-state index < -0.39 is 0 Å². The number of nitrogen functional groups attached to an aromatic ring is 1. The van der Waals surface area contributed by atoms with Gasteiger partial charge >= 0.3 is 0 Å². The van der Waals surface area contributed by atoms with Crippen molar-refractivity contribution in [3.8, 4) is 0 Å². The number of hydrogen-bond donors (Lipinski definition) is 4. The molecule has 0 radical (unpaired) electrons. The van der Waals surface area contributed by atoms with Crippen LogP contribution >= 0.6 is 11.5 Å². The fraction of sp³-hybridized carbons (Fsp3) is 0.714. The van der Waals surface area contributed by atoms with Gasteiger partial charge < -0.3 is 21.5 Å². The quantitative estimate of drug-likeness (QED) is 0.661. The summed E-state index contributed by atoms with van der Waals surface area (Å²) in [7, 11) is 0. The molecule has 5 N–H and O–H groups in total. The molecular formula is C14H22N4O2S. The van der Waals surface area contributed by atoms with E-state index in [1.165, 1.54) is 11.5 Å². The zero-order valence-corrected chi connectivity index (χ0v) is 12.8. The largest absolute Gasteiger partial charge is 0.393 e. The second-order valence-electron chi connectivity index (χ2n) is 6.09. The first-order valence-electron chi connectivity index (χ1n) is 7.61. The summed E-state index contributed by atoms with van der Waals surface area (Å²) in [5.74, 6) is 0.607. The molecule has 2 aliphatic rings. The third kappa shape index (κ3) is 3.65. The molecular weight excluding hydrogens is 288 g/mol. The van der Waals surface area contributed by atoms with Crippen molar-refractivity contribution in [3.63, 3.8) is 0 Å². The van der Waals surface area contributed by atoms with Crippen molar-refractivity contribution in [1.29, 1.82) is 0 Å². The van der Waals surface area contributed by atoms with E-state index in [0.29, 0.717) is 23.3 Å². The van der Waals surface area contributed by atoms with Crippen molar-refractivity contribution < 1.29 is 9.90 Å². The number of hydrogen-bond acceptors (Lipinski definition) is 6. The second-order valence-corrected chi connectivity index (χ2v) is 6.86. The van der Waals surface area contributed by atoms with Crippen LogP contribution in [0, 0.1) is 5.92 Å². The third-order valence-corrected chi connectivity index (χ3v) is 4.98. The average Bonchev–Trinajstić information content (AvgIpc) is 3.18. The van der Waals surface area contributed by atoms with Crippen LogP contribution in [0.4, 0.5) is 10.8 Å². The predicted octanol–water partition coefficient (Wildman–Crippen LogP) is 1.58. The highest BCUT2D eigenvalue weighted by molar-refractivity contribution is 7.11. The lowest BCUT2D eigenvalue weighted by Crippen LogP contribution is -2.28. The van der Waals surface area contributed by atoms with E-state index in [1.54, 1.807) is 0 Å². The van der Waals surface area contributed by atoms with E-state index in [2.05, 4.69) is 15.0 Å². The molecule has 116 valence electrons. The van der Waals surface area contributed by atoms with Gasteiger partial charge in [0.15, 0.2) is 5.82 Å². The van der Waals surface area contributed by atoms with Crippen LogP contribution in [0.2, 0.25) is 0 Å². The lowest BCUT2D eigenvalue weighted by atomic mass is 9.87. The smallest absolute Gasteiger partial charge is 0.258 e. The Morgan fingerprint density at radius 1 is 1.38 bits per heavy atom. The molecule has 0 aromatic carbocycles. The standard InChI is InChI=1S/C14H22N4O2S/c15-12-11(13(20)17-9-4-5-9)14(21-18-12)16-7-8-2-1-3-10(19)6-8/h8-10,16,19H,1-7H2,(H2,15,18)(H,17,20). The lowest BCUT2D eigenvalue weighted by molar-refractivity contribution is 0.0951. The van der Waals surface area contributed by atoms with Gasteiger partial charge in [-0.25, -0.2) is 0 Å². The molecule has 1 aromatic heterocycles. The van der Waals surface area contributed by atoms with Crippen molar-refractivity contribution in [1.82, 2.24) is 9.69 Å². The van der Waals surface area contributed by atoms with Crippen molar-refractivity contribution in [2.24, 2.45) is 5.92 Å². The van der Waals surface area contributed by atoms with Crippen LogP contribution < -0.4 is 16.4 Å². The monoisotopic (exact) mass is 310 g/mol. The van der Waals surface area contributed by atoms with Crippen molar-refractivity contribution in [3.05, 3.63) is 5.56 Å². The Labute approximate surface area is 128 Å².